The van der Waals surface area contributed by atoms with Crippen molar-refractivity contribution in [3.63, 3.8) is 0 Å². The van der Waals surface area contributed by atoms with Crippen LogP contribution in [0.5, 0.6) is 11.5 Å². The standard InChI is InChI=1S/C20H16FNO6S/c21-13-1-3-14(4-2-13)28-15-5-7-16(8-6-15)29(25,26)22-11-9-18-17(10-12-27-18)19(22)20(23)24/h1-8,10,12,19H,9,11H2,(H,23,24). The molecule has 0 bridgehead atoms. The maximum Gasteiger partial charge on any atom is 0.326 e. The Balaban J connectivity index is 1.60. The quantitative estimate of drug-likeness (QED) is 0.682. The van der Waals surface area contributed by atoms with Crippen molar-refractivity contribution in [2.45, 2.75) is 17.4 Å². The maximum absolute atomic E-state index is 13.1. The molecule has 0 aliphatic carbocycles. The normalized spacial score (nSPS) is 16.9. The van der Waals surface area contributed by atoms with Crippen molar-refractivity contribution in [1.29, 1.82) is 0 Å². The van der Waals surface area contributed by atoms with Gasteiger partial charge in [-0.25, -0.2) is 12.8 Å². The van der Waals surface area contributed by atoms with Crippen molar-refractivity contribution in [3.05, 3.63) is 78.0 Å². The Bertz CT molecular complexity index is 1140. The van der Waals surface area contributed by atoms with Gasteiger partial charge in [-0.15, -0.1) is 0 Å². The van der Waals surface area contributed by atoms with Crippen LogP contribution in [0.4, 0.5) is 4.39 Å². The van der Waals surface area contributed by atoms with Crippen molar-refractivity contribution >= 4 is 16.0 Å². The molecule has 3 aromatic rings. The fourth-order valence-corrected chi connectivity index (χ4v) is 4.83. The summed E-state index contributed by atoms with van der Waals surface area (Å²) in [6.07, 6.45) is 1.65. The Morgan fingerprint density at radius 3 is 2.31 bits per heavy atom. The van der Waals surface area contributed by atoms with Crippen LogP contribution in [0.15, 0.2) is 70.2 Å². The summed E-state index contributed by atoms with van der Waals surface area (Å²) >= 11 is 0. The van der Waals surface area contributed by atoms with Gasteiger partial charge in [-0.1, -0.05) is 0 Å². The molecule has 150 valence electrons. The Morgan fingerprint density at radius 1 is 1.07 bits per heavy atom. The van der Waals surface area contributed by atoms with Crippen LogP contribution in [0.3, 0.4) is 0 Å². The van der Waals surface area contributed by atoms with Gasteiger partial charge in [0.1, 0.15) is 23.1 Å². The van der Waals surface area contributed by atoms with Gasteiger partial charge in [-0.05, 0) is 54.6 Å². The van der Waals surface area contributed by atoms with Crippen LogP contribution in [-0.2, 0) is 21.2 Å². The third-order valence-corrected chi connectivity index (χ3v) is 6.51. The third kappa shape index (κ3) is 3.62. The highest BCUT2D eigenvalue weighted by Crippen LogP contribution is 2.35. The van der Waals surface area contributed by atoms with Crippen LogP contribution < -0.4 is 4.74 Å². The number of sulfonamides is 1. The van der Waals surface area contributed by atoms with Gasteiger partial charge in [-0.2, -0.15) is 4.31 Å². The summed E-state index contributed by atoms with van der Waals surface area (Å²) < 4.78 is 50.9. The number of carboxylic acid groups (broad SMARTS) is 1. The van der Waals surface area contributed by atoms with Crippen molar-refractivity contribution in [2.75, 3.05) is 6.54 Å². The van der Waals surface area contributed by atoms with Crippen molar-refractivity contribution in [3.8, 4) is 11.5 Å². The van der Waals surface area contributed by atoms with E-state index in [0.717, 1.165) is 4.31 Å². The molecule has 1 aromatic heterocycles. The highest BCUT2D eigenvalue weighted by atomic mass is 32.2. The van der Waals surface area contributed by atoms with Crippen molar-refractivity contribution in [2.24, 2.45) is 0 Å². The molecule has 9 heteroatoms. The zero-order valence-electron chi connectivity index (χ0n) is 15.0. The first-order valence-corrected chi connectivity index (χ1v) is 10.1. The minimum atomic E-state index is -4.07. The van der Waals surface area contributed by atoms with Gasteiger partial charge in [0.05, 0.1) is 11.2 Å². The van der Waals surface area contributed by atoms with Gasteiger partial charge in [0.25, 0.3) is 0 Å². The van der Waals surface area contributed by atoms with E-state index in [1.807, 2.05) is 0 Å². The van der Waals surface area contributed by atoms with Gasteiger partial charge in [-0.3, -0.25) is 4.79 Å². The first-order chi connectivity index (χ1) is 13.9. The number of nitrogens with zero attached hydrogens (tertiary/aromatic N) is 1. The molecule has 2 aromatic carbocycles. The van der Waals surface area contributed by atoms with E-state index < -0.39 is 27.9 Å². The molecule has 0 spiro atoms. The lowest BCUT2D eigenvalue weighted by atomic mass is 10.0. The Labute approximate surface area is 166 Å². The summed E-state index contributed by atoms with van der Waals surface area (Å²) in [6, 6.07) is 11.1. The van der Waals surface area contributed by atoms with E-state index in [0.29, 0.717) is 22.8 Å². The monoisotopic (exact) mass is 417 g/mol. The first-order valence-electron chi connectivity index (χ1n) is 8.70. The average Bonchev–Trinajstić information content (AvgIpc) is 3.18. The average molecular weight is 417 g/mol. The fourth-order valence-electron chi connectivity index (χ4n) is 3.26. The van der Waals surface area contributed by atoms with Crippen LogP contribution in [0.1, 0.15) is 17.4 Å². The van der Waals surface area contributed by atoms with Crippen LogP contribution in [0.2, 0.25) is 0 Å². The number of ether oxygens (including phenoxy) is 1. The molecule has 4 rings (SSSR count). The van der Waals surface area contributed by atoms with Gasteiger partial charge in [0, 0.05) is 18.5 Å². The molecule has 1 aliphatic rings. The second-order valence-corrected chi connectivity index (χ2v) is 8.32. The molecule has 0 radical (unpaired) electrons. The predicted molar refractivity (Wildman–Crippen MR) is 99.6 cm³/mol. The van der Waals surface area contributed by atoms with Crippen molar-refractivity contribution < 1.29 is 31.9 Å². The number of halogens is 1. The van der Waals surface area contributed by atoms with Crippen LogP contribution in [0, 0.1) is 5.82 Å². The van der Waals surface area contributed by atoms with E-state index in [2.05, 4.69) is 0 Å². The molecule has 29 heavy (non-hydrogen) atoms. The molecule has 1 atom stereocenters. The Kier molecular flexibility index (Phi) is 4.85. The zero-order valence-corrected chi connectivity index (χ0v) is 15.8. The van der Waals surface area contributed by atoms with Crippen molar-refractivity contribution in [1.82, 2.24) is 4.31 Å². The minimum absolute atomic E-state index is 0.00631. The number of aliphatic carboxylic acids is 1. The zero-order chi connectivity index (χ0) is 20.6. The maximum atomic E-state index is 13.1. The lowest BCUT2D eigenvalue weighted by Crippen LogP contribution is -2.43. The van der Waals surface area contributed by atoms with Crippen LogP contribution >= 0.6 is 0 Å². The van der Waals surface area contributed by atoms with Gasteiger partial charge in [0.2, 0.25) is 10.0 Å². The summed E-state index contributed by atoms with van der Waals surface area (Å²) in [4.78, 5) is 11.7. The van der Waals surface area contributed by atoms with Gasteiger partial charge >= 0.3 is 5.97 Å². The lowest BCUT2D eigenvalue weighted by Gasteiger charge is -2.31. The lowest BCUT2D eigenvalue weighted by molar-refractivity contribution is -0.142. The van der Waals surface area contributed by atoms with E-state index in [-0.39, 0.29) is 17.9 Å². The predicted octanol–water partition coefficient (Wildman–Crippen LogP) is 3.58. The molecule has 2 heterocycles. The molecule has 0 saturated carbocycles. The number of carboxylic acids is 1. The van der Waals surface area contributed by atoms with E-state index in [4.69, 9.17) is 9.15 Å². The summed E-state index contributed by atoms with van der Waals surface area (Å²) in [6.45, 7) is -0.00631. The molecule has 0 fully saturated rings. The summed E-state index contributed by atoms with van der Waals surface area (Å²) in [5.41, 5.74) is 0.337. The largest absolute Gasteiger partial charge is 0.480 e. The number of rotatable bonds is 5. The molecule has 0 saturated heterocycles. The number of hydrogen-bond acceptors (Lipinski definition) is 5. The second kappa shape index (κ2) is 7.34. The Hall–Kier alpha value is -3.17. The molecular formula is C20H16FNO6S. The van der Waals surface area contributed by atoms with E-state index in [9.17, 15) is 22.7 Å². The highest BCUT2D eigenvalue weighted by molar-refractivity contribution is 7.89. The topological polar surface area (TPSA) is 97.0 Å². The van der Waals surface area contributed by atoms with E-state index >= 15 is 0 Å². The SMILES string of the molecule is O=C(O)C1c2ccoc2CCN1S(=O)(=O)c1ccc(Oc2ccc(F)cc2)cc1. The molecule has 1 unspecified atom stereocenters. The molecule has 1 aliphatic heterocycles. The van der Waals surface area contributed by atoms with Gasteiger partial charge in [0.15, 0.2) is 6.04 Å². The highest BCUT2D eigenvalue weighted by Gasteiger charge is 2.42. The summed E-state index contributed by atoms with van der Waals surface area (Å²) in [5.74, 6) is -0.425. The van der Waals surface area contributed by atoms with E-state index in [1.165, 1.54) is 60.9 Å². The Morgan fingerprint density at radius 2 is 1.69 bits per heavy atom. The number of furan rings is 1. The minimum Gasteiger partial charge on any atom is -0.480 e. The molecule has 7 nitrogen and oxygen atoms in total. The summed E-state index contributed by atoms with van der Waals surface area (Å²) in [5, 5.41) is 9.62. The van der Waals surface area contributed by atoms with E-state index in [1.54, 1.807) is 0 Å². The molecule has 1 N–H and O–H groups in total. The summed E-state index contributed by atoms with van der Waals surface area (Å²) in [7, 11) is -4.07. The number of fused-ring (bicyclic) bond motifs is 1. The second-order valence-electron chi connectivity index (χ2n) is 6.43. The van der Waals surface area contributed by atoms with Crippen LogP contribution in [-0.4, -0.2) is 30.3 Å². The number of carbonyl (C=O) groups is 1. The molecule has 0 amide bonds. The number of hydrogen-bond donors (Lipinski definition) is 1. The molecular weight excluding hydrogens is 401 g/mol. The first kappa shape index (κ1) is 19.2. The fraction of sp³-hybridized carbons (Fsp3) is 0.150. The number of benzene rings is 2. The third-order valence-electron chi connectivity index (χ3n) is 4.64. The van der Waals surface area contributed by atoms with Gasteiger partial charge < -0.3 is 14.3 Å². The van der Waals surface area contributed by atoms with Crippen LogP contribution in [0.25, 0.3) is 0 Å². The smallest absolute Gasteiger partial charge is 0.326 e.